The Kier molecular flexibility index (Phi) is 2.81. The Morgan fingerprint density at radius 1 is 1.47 bits per heavy atom. The van der Waals surface area contributed by atoms with Crippen molar-refractivity contribution in [3.63, 3.8) is 0 Å². The number of carbonyl (C=O) groups is 1. The second-order valence-corrected chi connectivity index (χ2v) is 5.23. The zero-order valence-corrected chi connectivity index (χ0v) is 10.7. The highest BCUT2D eigenvalue weighted by atomic mass is 16.6. The highest BCUT2D eigenvalue weighted by Crippen LogP contribution is 2.24. The van der Waals surface area contributed by atoms with Crippen molar-refractivity contribution >= 4 is 6.09 Å². The largest absolute Gasteiger partial charge is 0.444 e. The van der Waals surface area contributed by atoms with E-state index in [4.69, 9.17) is 4.74 Å². The quantitative estimate of drug-likeness (QED) is 0.688. The molecule has 0 aliphatic carbocycles. The fourth-order valence-corrected chi connectivity index (χ4v) is 1.88. The van der Waals surface area contributed by atoms with Gasteiger partial charge in [-0.25, -0.2) is 4.79 Å². The van der Waals surface area contributed by atoms with Gasteiger partial charge in [-0.2, -0.15) is 0 Å². The molecule has 2 rings (SSSR count). The highest BCUT2D eigenvalue weighted by molar-refractivity contribution is 5.68. The average molecular weight is 238 g/mol. The van der Waals surface area contributed by atoms with Gasteiger partial charge in [-0.05, 0) is 27.7 Å². The predicted molar refractivity (Wildman–Crippen MR) is 61.4 cm³/mol. The fourth-order valence-electron chi connectivity index (χ4n) is 1.88. The van der Waals surface area contributed by atoms with Crippen LogP contribution in [0.1, 0.15) is 39.6 Å². The second kappa shape index (κ2) is 4.01. The topological polar surface area (TPSA) is 60.2 Å². The summed E-state index contributed by atoms with van der Waals surface area (Å²) in [6.07, 6.45) is 1.40. The summed E-state index contributed by atoms with van der Waals surface area (Å²) >= 11 is 0. The lowest BCUT2D eigenvalue weighted by molar-refractivity contribution is 0.0121. The molecule has 1 atom stereocenters. The molecule has 0 fully saturated rings. The van der Waals surface area contributed by atoms with Gasteiger partial charge in [-0.3, -0.25) is 4.90 Å². The first-order valence-electron chi connectivity index (χ1n) is 5.76. The van der Waals surface area contributed by atoms with Crippen molar-refractivity contribution < 1.29 is 9.53 Å². The molecular weight excluding hydrogens is 220 g/mol. The number of hydrogen-bond donors (Lipinski definition) is 0. The minimum Gasteiger partial charge on any atom is -0.444 e. The Balaban J connectivity index is 2.12. The first kappa shape index (κ1) is 11.9. The van der Waals surface area contributed by atoms with Gasteiger partial charge in [0.05, 0.1) is 6.04 Å². The Morgan fingerprint density at radius 2 is 2.18 bits per heavy atom. The van der Waals surface area contributed by atoms with Crippen molar-refractivity contribution in [1.82, 2.24) is 19.7 Å². The van der Waals surface area contributed by atoms with Crippen LogP contribution in [0.4, 0.5) is 4.79 Å². The molecule has 6 heteroatoms. The summed E-state index contributed by atoms with van der Waals surface area (Å²) in [5, 5.41) is 7.89. The summed E-state index contributed by atoms with van der Waals surface area (Å²) < 4.78 is 7.33. The van der Waals surface area contributed by atoms with E-state index < -0.39 is 5.60 Å². The van der Waals surface area contributed by atoms with Crippen molar-refractivity contribution in [2.24, 2.45) is 0 Å². The van der Waals surface area contributed by atoms with Crippen LogP contribution in [0.25, 0.3) is 0 Å². The van der Waals surface area contributed by atoms with Gasteiger partial charge in [0, 0.05) is 13.1 Å². The van der Waals surface area contributed by atoms with Crippen molar-refractivity contribution in [2.45, 2.75) is 45.9 Å². The summed E-state index contributed by atoms with van der Waals surface area (Å²) in [6.45, 7) is 8.86. The summed E-state index contributed by atoms with van der Waals surface area (Å²) in [6, 6.07) is -0.0962. The van der Waals surface area contributed by atoms with Crippen molar-refractivity contribution in [2.75, 3.05) is 6.54 Å². The van der Waals surface area contributed by atoms with Crippen LogP contribution in [0.2, 0.25) is 0 Å². The van der Waals surface area contributed by atoms with Crippen molar-refractivity contribution in [3.8, 4) is 0 Å². The molecule has 1 aliphatic rings. The monoisotopic (exact) mass is 238 g/mol. The van der Waals surface area contributed by atoms with Gasteiger partial charge in [0.15, 0.2) is 5.82 Å². The maximum absolute atomic E-state index is 12.0. The zero-order valence-electron chi connectivity index (χ0n) is 10.7. The Labute approximate surface area is 101 Å². The predicted octanol–water partition coefficient (Wildman–Crippen LogP) is 1.59. The smallest absolute Gasteiger partial charge is 0.410 e. The first-order valence-corrected chi connectivity index (χ1v) is 5.76. The summed E-state index contributed by atoms with van der Waals surface area (Å²) in [7, 11) is 0. The van der Waals surface area contributed by atoms with E-state index in [1.54, 1.807) is 11.2 Å². The fraction of sp³-hybridized carbons (Fsp3) is 0.727. The van der Waals surface area contributed by atoms with E-state index in [1.165, 1.54) is 0 Å². The van der Waals surface area contributed by atoms with Crippen molar-refractivity contribution in [1.29, 1.82) is 0 Å². The molecule has 0 bridgehead atoms. The van der Waals surface area contributed by atoms with E-state index in [9.17, 15) is 4.79 Å². The Morgan fingerprint density at radius 3 is 2.82 bits per heavy atom. The Hall–Kier alpha value is -1.59. The van der Waals surface area contributed by atoms with E-state index in [-0.39, 0.29) is 12.1 Å². The van der Waals surface area contributed by atoms with Crippen LogP contribution >= 0.6 is 0 Å². The third kappa shape index (κ3) is 2.40. The van der Waals surface area contributed by atoms with Crippen LogP contribution in [0, 0.1) is 0 Å². The molecule has 6 nitrogen and oxygen atoms in total. The van der Waals surface area contributed by atoms with E-state index in [1.807, 2.05) is 32.3 Å². The van der Waals surface area contributed by atoms with Gasteiger partial charge >= 0.3 is 6.09 Å². The van der Waals surface area contributed by atoms with Gasteiger partial charge in [-0.1, -0.05) is 0 Å². The van der Waals surface area contributed by atoms with Crippen LogP contribution in [-0.2, 0) is 11.3 Å². The lowest BCUT2D eigenvalue weighted by Crippen LogP contribution is -2.43. The molecule has 17 heavy (non-hydrogen) atoms. The number of aromatic nitrogens is 3. The molecule has 0 saturated heterocycles. The molecule has 94 valence electrons. The molecule has 0 saturated carbocycles. The summed E-state index contributed by atoms with van der Waals surface area (Å²) in [5.41, 5.74) is -0.470. The first-order chi connectivity index (χ1) is 7.88. The van der Waals surface area contributed by atoms with E-state index in [0.717, 1.165) is 5.82 Å². The number of hydrogen-bond acceptors (Lipinski definition) is 4. The molecule has 0 spiro atoms. The standard InChI is InChI=1S/C11H18N4O2/c1-8-9-13-12-7-14(9)5-6-15(8)10(16)17-11(2,3)4/h7-8H,5-6H2,1-4H3. The number of nitrogens with zero attached hydrogens (tertiary/aromatic N) is 4. The molecule has 0 radical (unpaired) electrons. The molecular formula is C11H18N4O2. The van der Waals surface area contributed by atoms with E-state index >= 15 is 0 Å². The van der Waals surface area contributed by atoms with Crippen LogP contribution in [0.15, 0.2) is 6.33 Å². The molecule has 1 amide bonds. The van der Waals surface area contributed by atoms with E-state index in [0.29, 0.717) is 13.1 Å². The normalized spacial score (nSPS) is 20.0. The summed E-state index contributed by atoms with van der Waals surface area (Å²) in [5.74, 6) is 0.808. The van der Waals surface area contributed by atoms with Crippen LogP contribution in [-0.4, -0.2) is 37.9 Å². The Bertz CT molecular complexity index is 421. The lowest BCUT2D eigenvalue weighted by Gasteiger charge is -2.34. The SMILES string of the molecule is CC1c2nncn2CCN1C(=O)OC(C)(C)C. The molecule has 0 aromatic carbocycles. The number of amides is 1. The average Bonchev–Trinajstić information content (AvgIpc) is 2.63. The van der Waals surface area contributed by atoms with Gasteiger partial charge in [0.1, 0.15) is 11.9 Å². The number of ether oxygens (including phenoxy) is 1. The number of carbonyl (C=O) groups excluding carboxylic acids is 1. The number of rotatable bonds is 0. The van der Waals surface area contributed by atoms with Crippen molar-refractivity contribution in [3.05, 3.63) is 12.2 Å². The third-order valence-corrected chi connectivity index (χ3v) is 2.70. The van der Waals surface area contributed by atoms with Crippen LogP contribution in [0.5, 0.6) is 0 Å². The lowest BCUT2D eigenvalue weighted by atomic mass is 10.2. The third-order valence-electron chi connectivity index (χ3n) is 2.70. The zero-order chi connectivity index (χ0) is 12.6. The minimum absolute atomic E-state index is 0.0962. The maximum Gasteiger partial charge on any atom is 0.410 e. The van der Waals surface area contributed by atoms with Gasteiger partial charge in [-0.15, -0.1) is 10.2 Å². The summed E-state index contributed by atoms with van der Waals surface area (Å²) in [4.78, 5) is 13.7. The van der Waals surface area contributed by atoms with E-state index in [2.05, 4.69) is 10.2 Å². The van der Waals surface area contributed by atoms with Gasteiger partial charge in [0.25, 0.3) is 0 Å². The molecule has 1 unspecified atom stereocenters. The second-order valence-electron chi connectivity index (χ2n) is 5.23. The maximum atomic E-state index is 12.0. The molecule has 1 aliphatic heterocycles. The molecule has 0 N–H and O–H groups in total. The molecule has 1 aromatic rings. The molecule has 2 heterocycles. The van der Waals surface area contributed by atoms with Crippen LogP contribution in [0.3, 0.4) is 0 Å². The molecule has 1 aromatic heterocycles. The van der Waals surface area contributed by atoms with Crippen LogP contribution < -0.4 is 0 Å². The highest BCUT2D eigenvalue weighted by Gasteiger charge is 2.32. The minimum atomic E-state index is -0.470. The number of fused-ring (bicyclic) bond motifs is 1. The van der Waals surface area contributed by atoms with Gasteiger partial charge < -0.3 is 9.30 Å². The van der Waals surface area contributed by atoms with Gasteiger partial charge in [0.2, 0.25) is 0 Å².